The number of aromatic hydroxyl groups is 1. The quantitative estimate of drug-likeness (QED) is 0.591. The summed E-state index contributed by atoms with van der Waals surface area (Å²) in [6.45, 7) is 10.8. The summed E-state index contributed by atoms with van der Waals surface area (Å²) < 4.78 is 5.70. The molecular formula is C20H28O3. The van der Waals surface area contributed by atoms with Crippen LogP contribution in [0.5, 0.6) is 11.5 Å². The van der Waals surface area contributed by atoms with Crippen molar-refractivity contribution in [1.29, 1.82) is 0 Å². The second-order valence-corrected chi connectivity index (χ2v) is 8.55. The second kappa shape index (κ2) is 5.25. The Balaban J connectivity index is 2.21. The van der Waals surface area contributed by atoms with Gasteiger partial charge >= 0.3 is 5.97 Å². The molecule has 0 spiro atoms. The normalized spacial score (nSPS) is 29.5. The first kappa shape index (κ1) is 16.4. The number of esters is 1. The molecule has 2 aliphatic rings. The van der Waals surface area contributed by atoms with Gasteiger partial charge in [-0.2, -0.15) is 0 Å². The first-order valence-electron chi connectivity index (χ1n) is 8.73. The fraction of sp³-hybridized carbons (Fsp3) is 0.650. The molecule has 1 fully saturated rings. The van der Waals surface area contributed by atoms with E-state index >= 15 is 0 Å². The predicted molar refractivity (Wildman–Crippen MR) is 90.9 cm³/mol. The Hall–Kier alpha value is -1.51. The largest absolute Gasteiger partial charge is 0.508 e. The highest BCUT2D eigenvalue weighted by atomic mass is 16.5. The van der Waals surface area contributed by atoms with Gasteiger partial charge in [0.15, 0.2) is 0 Å². The van der Waals surface area contributed by atoms with E-state index in [1.165, 1.54) is 0 Å². The van der Waals surface area contributed by atoms with Gasteiger partial charge in [-0.1, -0.05) is 41.0 Å². The number of fused-ring (bicyclic) bond motifs is 3. The zero-order valence-corrected chi connectivity index (χ0v) is 14.9. The standard InChI is InChI=1S/C20H28O3/c1-12(2)13-9-16-14(10-15(13)21)20(5)8-6-7-19(3,4)17(20)11-18(22)23-16/h9-10,12,17,21H,6-8,11H2,1-5H3/t17?,20-/m1/s1. The van der Waals surface area contributed by atoms with Crippen LogP contribution < -0.4 is 4.74 Å². The number of benzene rings is 1. The van der Waals surface area contributed by atoms with E-state index in [9.17, 15) is 9.90 Å². The lowest BCUT2D eigenvalue weighted by atomic mass is 9.53. The number of ether oxygens (including phenoxy) is 1. The zero-order valence-electron chi connectivity index (χ0n) is 14.9. The van der Waals surface area contributed by atoms with Gasteiger partial charge in [-0.3, -0.25) is 4.79 Å². The molecule has 3 rings (SSSR count). The predicted octanol–water partition coefficient (Wildman–Crippen LogP) is 4.91. The molecule has 126 valence electrons. The highest BCUT2D eigenvalue weighted by Crippen LogP contribution is 2.57. The van der Waals surface area contributed by atoms with Gasteiger partial charge in [0.2, 0.25) is 0 Å². The van der Waals surface area contributed by atoms with Crippen molar-refractivity contribution in [2.24, 2.45) is 11.3 Å². The summed E-state index contributed by atoms with van der Waals surface area (Å²) in [5.41, 5.74) is 1.81. The Labute approximate surface area is 139 Å². The van der Waals surface area contributed by atoms with Crippen LogP contribution >= 0.6 is 0 Å². The maximum absolute atomic E-state index is 12.4. The number of phenols is 1. The molecule has 23 heavy (non-hydrogen) atoms. The van der Waals surface area contributed by atoms with E-state index < -0.39 is 0 Å². The van der Waals surface area contributed by atoms with E-state index in [1.54, 1.807) is 0 Å². The van der Waals surface area contributed by atoms with Crippen molar-refractivity contribution in [2.75, 3.05) is 0 Å². The monoisotopic (exact) mass is 316 g/mol. The van der Waals surface area contributed by atoms with Crippen molar-refractivity contribution in [3.63, 3.8) is 0 Å². The van der Waals surface area contributed by atoms with E-state index in [0.717, 1.165) is 30.4 Å². The number of carbonyl (C=O) groups is 1. The average molecular weight is 316 g/mol. The van der Waals surface area contributed by atoms with Gasteiger partial charge in [0, 0.05) is 16.5 Å². The summed E-state index contributed by atoms with van der Waals surface area (Å²) in [5.74, 6) is 1.25. The number of carbonyl (C=O) groups excluding carboxylic acids is 1. The molecule has 1 aliphatic heterocycles. The number of rotatable bonds is 1. The molecule has 1 aromatic carbocycles. The minimum absolute atomic E-state index is 0.0972. The highest BCUT2D eigenvalue weighted by Gasteiger charge is 2.51. The topological polar surface area (TPSA) is 46.5 Å². The van der Waals surface area contributed by atoms with Gasteiger partial charge in [0.25, 0.3) is 0 Å². The van der Waals surface area contributed by atoms with Gasteiger partial charge < -0.3 is 9.84 Å². The van der Waals surface area contributed by atoms with Crippen molar-refractivity contribution in [3.8, 4) is 11.5 Å². The van der Waals surface area contributed by atoms with E-state index in [1.807, 2.05) is 26.0 Å². The maximum Gasteiger partial charge on any atom is 0.311 e. The summed E-state index contributed by atoms with van der Waals surface area (Å²) in [6, 6.07) is 3.74. The minimum atomic E-state index is -0.143. The van der Waals surface area contributed by atoms with Crippen LogP contribution in [-0.4, -0.2) is 11.1 Å². The van der Waals surface area contributed by atoms with Crippen molar-refractivity contribution in [2.45, 2.75) is 71.6 Å². The highest BCUT2D eigenvalue weighted by molar-refractivity contribution is 5.75. The molecule has 1 N–H and O–H groups in total. The summed E-state index contributed by atoms with van der Waals surface area (Å²) in [6.07, 6.45) is 3.76. The second-order valence-electron chi connectivity index (χ2n) is 8.55. The van der Waals surface area contributed by atoms with Crippen molar-refractivity contribution < 1.29 is 14.6 Å². The third kappa shape index (κ3) is 2.54. The van der Waals surface area contributed by atoms with Gasteiger partial charge in [-0.15, -0.1) is 0 Å². The first-order valence-corrected chi connectivity index (χ1v) is 8.73. The lowest BCUT2D eigenvalue weighted by molar-refractivity contribution is -0.137. The van der Waals surface area contributed by atoms with E-state index in [2.05, 4.69) is 20.8 Å². The molecule has 2 atom stereocenters. The Kier molecular flexibility index (Phi) is 3.74. The maximum atomic E-state index is 12.4. The molecule has 1 unspecified atom stereocenters. The average Bonchev–Trinajstić information content (AvgIpc) is 2.54. The van der Waals surface area contributed by atoms with Crippen LogP contribution in [0.4, 0.5) is 0 Å². The molecule has 3 heteroatoms. The fourth-order valence-corrected chi connectivity index (χ4v) is 4.85. The Morgan fingerprint density at radius 2 is 1.91 bits per heavy atom. The van der Waals surface area contributed by atoms with Crippen molar-refractivity contribution >= 4 is 5.97 Å². The van der Waals surface area contributed by atoms with Crippen LogP contribution in [0.25, 0.3) is 0 Å². The SMILES string of the molecule is CC(C)c1cc2c(cc1O)[C@@]1(C)CCCC(C)(C)C1CC(=O)O2. The first-order chi connectivity index (χ1) is 10.6. The summed E-state index contributed by atoms with van der Waals surface area (Å²) in [7, 11) is 0. The Bertz CT molecular complexity index is 645. The molecular weight excluding hydrogens is 288 g/mol. The van der Waals surface area contributed by atoms with Crippen LogP contribution in [0, 0.1) is 11.3 Å². The lowest BCUT2D eigenvalue weighted by Gasteiger charge is -2.50. The lowest BCUT2D eigenvalue weighted by Crippen LogP contribution is -2.45. The van der Waals surface area contributed by atoms with Crippen LogP contribution in [0.3, 0.4) is 0 Å². The zero-order chi connectivity index (χ0) is 17.0. The molecule has 0 amide bonds. The van der Waals surface area contributed by atoms with Crippen LogP contribution in [-0.2, 0) is 10.2 Å². The van der Waals surface area contributed by atoms with E-state index in [4.69, 9.17) is 4.74 Å². The fourth-order valence-electron chi connectivity index (χ4n) is 4.85. The molecule has 1 saturated carbocycles. The Morgan fingerprint density at radius 3 is 2.57 bits per heavy atom. The molecule has 0 bridgehead atoms. The third-order valence-corrected chi connectivity index (χ3v) is 6.19. The molecule has 1 aromatic rings. The third-order valence-electron chi connectivity index (χ3n) is 6.19. The summed E-state index contributed by atoms with van der Waals surface area (Å²) in [4.78, 5) is 12.4. The molecule has 0 saturated heterocycles. The molecule has 0 radical (unpaired) electrons. The summed E-state index contributed by atoms with van der Waals surface area (Å²) in [5, 5.41) is 10.5. The van der Waals surface area contributed by atoms with Crippen LogP contribution in [0.1, 0.15) is 77.3 Å². The van der Waals surface area contributed by atoms with Gasteiger partial charge in [0.1, 0.15) is 11.5 Å². The van der Waals surface area contributed by atoms with Gasteiger partial charge in [0.05, 0.1) is 6.42 Å². The van der Waals surface area contributed by atoms with Gasteiger partial charge in [-0.25, -0.2) is 0 Å². The molecule has 1 heterocycles. The number of hydrogen-bond acceptors (Lipinski definition) is 3. The molecule has 3 nitrogen and oxygen atoms in total. The smallest absolute Gasteiger partial charge is 0.311 e. The van der Waals surface area contributed by atoms with Crippen molar-refractivity contribution in [3.05, 3.63) is 23.3 Å². The van der Waals surface area contributed by atoms with Crippen LogP contribution in [0.15, 0.2) is 12.1 Å². The molecule has 1 aliphatic carbocycles. The minimum Gasteiger partial charge on any atom is -0.508 e. The van der Waals surface area contributed by atoms with Gasteiger partial charge in [-0.05, 0) is 42.2 Å². The van der Waals surface area contributed by atoms with Crippen LogP contribution in [0.2, 0.25) is 0 Å². The molecule has 0 aromatic heterocycles. The van der Waals surface area contributed by atoms with E-state index in [-0.39, 0.29) is 28.6 Å². The van der Waals surface area contributed by atoms with Crippen molar-refractivity contribution in [1.82, 2.24) is 0 Å². The number of hydrogen-bond donors (Lipinski definition) is 1. The van der Waals surface area contributed by atoms with E-state index in [0.29, 0.717) is 17.9 Å². The number of phenolic OH excluding ortho intramolecular Hbond substituents is 1. The Morgan fingerprint density at radius 1 is 1.22 bits per heavy atom. The summed E-state index contributed by atoms with van der Waals surface area (Å²) >= 11 is 0.